The van der Waals surface area contributed by atoms with Crippen molar-refractivity contribution >= 4 is 28.9 Å². The summed E-state index contributed by atoms with van der Waals surface area (Å²) in [6.07, 6.45) is 0.408. The molecule has 2 N–H and O–H groups in total. The van der Waals surface area contributed by atoms with Crippen molar-refractivity contribution in [2.75, 3.05) is 11.9 Å². The summed E-state index contributed by atoms with van der Waals surface area (Å²) in [5.41, 5.74) is 0.815. The van der Waals surface area contributed by atoms with E-state index in [1.54, 1.807) is 6.92 Å². The number of nitrogens with one attached hydrogen (secondary N) is 2. The van der Waals surface area contributed by atoms with Crippen molar-refractivity contribution in [3.63, 3.8) is 0 Å². The van der Waals surface area contributed by atoms with Gasteiger partial charge in [-0.1, -0.05) is 6.92 Å². The van der Waals surface area contributed by atoms with Gasteiger partial charge in [-0.2, -0.15) is 0 Å². The van der Waals surface area contributed by atoms with Gasteiger partial charge >= 0.3 is 0 Å². The summed E-state index contributed by atoms with van der Waals surface area (Å²) in [6, 6.07) is 7.37. The standard InChI is InChI=1S/C12H16N2O2S/c1-3-11(15)14-12(17)13-9-5-7-10(8-6-9)16-4-2/h5-8H,3-4H2,1-2H3,(H2,13,14,15,17). The van der Waals surface area contributed by atoms with E-state index in [-0.39, 0.29) is 5.91 Å². The summed E-state index contributed by atoms with van der Waals surface area (Å²) in [5, 5.41) is 5.79. The molecule has 0 spiro atoms. The van der Waals surface area contributed by atoms with Crippen LogP contribution >= 0.6 is 12.2 Å². The highest BCUT2D eigenvalue weighted by molar-refractivity contribution is 7.80. The van der Waals surface area contributed by atoms with E-state index >= 15 is 0 Å². The Morgan fingerprint density at radius 2 is 1.94 bits per heavy atom. The molecule has 0 heterocycles. The third kappa shape index (κ3) is 4.82. The predicted octanol–water partition coefficient (Wildman–Crippen LogP) is 2.31. The van der Waals surface area contributed by atoms with Crippen LogP contribution in [0.25, 0.3) is 0 Å². The molecule has 1 rings (SSSR count). The van der Waals surface area contributed by atoms with Crippen LogP contribution in [0.1, 0.15) is 20.3 Å². The first-order chi connectivity index (χ1) is 8.15. The lowest BCUT2D eigenvalue weighted by Crippen LogP contribution is -2.33. The predicted molar refractivity (Wildman–Crippen MR) is 72.3 cm³/mol. The van der Waals surface area contributed by atoms with Gasteiger partial charge in [-0.15, -0.1) is 0 Å². The smallest absolute Gasteiger partial charge is 0.225 e. The Kier molecular flexibility index (Phi) is 5.42. The first-order valence-corrected chi connectivity index (χ1v) is 5.90. The number of thiocarbonyl (C=S) groups is 1. The molecule has 1 aromatic rings. The summed E-state index contributed by atoms with van der Waals surface area (Å²) in [4.78, 5) is 11.1. The molecule has 0 radical (unpaired) electrons. The average Bonchev–Trinajstić information content (AvgIpc) is 2.31. The van der Waals surface area contributed by atoms with Crippen molar-refractivity contribution in [2.45, 2.75) is 20.3 Å². The highest BCUT2D eigenvalue weighted by Crippen LogP contribution is 2.15. The minimum Gasteiger partial charge on any atom is -0.494 e. The Hall–Kier alpha value is -1.62. The van der Waals surface area contributed by atoms with Gasteiger partial charge in [0, 0.05) is 12.1 Å². The zero-order valence-corrected chi connectivity index (χ0v) is 10.8. The Balaban J connectivity index is 2.51. The molecule has 0 saturated heterocycles. The number of anilines is 1. The Labute approximate surface area is 106 Å². The van der Waals surface area contributed by atoms with E-state index in [1.807, 2.05) is 31.2 Å². The van der Waals surface area contributed by atoms with Crippen molar-refractivity contribution in [2.24, 2.45) is 0 Å². The maximum Gasteiger partial charge on any atom is 0.225 e. The first-order valence-electron chi connectivity index (χ1n) is 5.49. The minimum absolute atomic E-state index is 0.103. The molecule has 5 heteroatoms. The fraction of sp³-hybridized carbons (Fsp3) is 0.333. The second kappa shape index (κ2) is 6.85. The van der Waals surface area contributed by atoms with Gasteiger partial charge in [0.05, 0.1) is 6.61 Å². The molecule has 0 aromatic heterocycles. The zero-order valence-electron chi connectivity index (χ0n) is 9.95. The van der Waals surface area contributed by atoms with Gasteiger partial charge in [0.15, 0.2) is 5.11 Å². The van der Waals surface area contributed by atoms with E-state index in [2.05, 4.69) is 10.6 Å². The van der Waals surface area contributed by atoms with Crippen LogP contribution in [0.2, 0.25) is 0 Å². The number of benzene rings is 1. The minimum atomic E-state index is -0.103. The largest absolute Gasteiger partial charge is 0.494 e. The molecule has 0 unspecified atom stereocenters. The van der Waals surface area contributed by atoms with Crippen LogP contribution in [0.5, 0.6) is 5.75 Å². The fourth-order valence-electron chi connectivity index (χ4n) is 1.18. The SMILES string of the molecule is CCOc1ccc(NC(=S)NC(=O)CC)cc1. The van der Waals surface area contributed by atoms with Gasteiger partial charge in [0.25, 0.3) is 0 Å². The third-order valence-corrected chi connectivity index (χ3v) is 2.20. The number of rotatable bonds is 4. The van der Waals surface area contributed by atoms with Crippen LogP contribution < -0.4 is 15.4 Å². The summed E-state index contributed by atoms with van der Waals surface area (Å²) in [5.74, 6) is 0.704. The maximum atomic E-state index is 11.1. The molecule has 0 saturated carbocycles. The van der Waals surface area contributed by atoms with Gasteiger partial charge in [-0.25, -0.2) is 0 Å². The third-order valence-electron chi connectivity index (χ3n) is 2.00. The van der Waals surface area contributed by atoms with Crippen LogP contribution in [0.3, 0.4) is 0 Å². The Bertz CT molecular complexity index is 390. The molecular weight excluding hydrogens is 236 g/mol. The summed E-state index contributed by atoms with van der Waals surface area (Å²) < 4.78 is 5.32. The maximum absolute atomic E-state index is 11.1. The normalized spacial score (nSPS) is 9.53. The molecule has 1 amide bonds. The fourth-order valence-corrected chi connectivity index (χ4v) is 1.41. The molecule has 1 aromatic carbocycles. The lowest BCUT2D eigenvalue weighted by molar-refractivity contribution is -0.119. The molecule has 0 bridgehead atoms. The summed E-state index contributed by atoms with van der Waals surface area (Å²) in [7, 11) is 0. The van der Waals surface area contributed by atoms with Gasteiger partial charge in [0.1, 0.15) is 5.75 Å². The van der Waals surface area contributed by atoms with Crippen LogP contribution in [-0.2, 0) is 4.79 Å². The molecule has 4 nitrogen and oxygen atoms in total. The van der Waals surface area contributed by atoms with Gasteiger partial charge in [-0.05, 0) is 43.4 Å². The van der Waals surface area contributed by atoms with Crippen molar-refractivity contribution in [3.8, 4) is 5.75 Å². The lowest BCUT2D eigenvalue weighted by atomic mass is 10.3. The van der Waals surface area contributed by atoms with Crippen LogP contribution in [0, 0.1) is 0 Å². The highest BCUT2D eigenvalue weighted by Gasteiger charge is 2.02. The highest BCUT2D eigenvalue weighted by atomic mass is 32.1. The van der Waals surface area contributed by atoms with Crippen LogP contribution in [-0.4, -0.2) is 17.6 Å². The monoisotopic (exact) mass is 252 g/mol. The number of carbonyl (C=O) groups excluding carboxylic acids is 1. The number of hydrogen-bond donors (Lipinski definition) is 2. The van der Waals surface area contributed by atoms with Gasteiger partial charge in [-0.3, -0.25) is 4.79 Å². The van der Waals surface area contributed by atoms with Crippen molar-refractivity contribution < 1.29 is 9.53 Å². The molecule has 17 heavy (non-hydrogen) atoms. The van der Waals surface area contributed by atoms with Crippen LogP contribution in [0.15, 0.2) is 24.3 Å². The molecular formula is C12H16N2O2S. The van der Waals surface area contributed by atoms with E-state index in [1.165, 1.54) is 0 Å². The first kappa shape index (κ1) is 13.4. The molecule has 92 valence electrons. The topological polar surface area (TPSA) is 50.4 Å². The molecule has 0 fully saturated rings. The van der Waals surface area contributed by atoms with Crippen LogP contribution in [0.4, 0.5) is 5.69 Å². The molecule has 0 aliphatic heterocycles. The summed E-state index contributed by atoms with van der Waals surface area (Å²) >= 11 is 4.99. The lowest BCUT2D eigenvalue weighted by Gasteiger charge is -2.09. The second-order valence-electron chi connectivity index (χ2n) is 3.31. The van der Waals surface area contributed by atoms with Gasteiger partial charge < -0.3 is 15.4 Å². The Morgan fingerprint density at radius 3 is 2.47 bits per heavy atom. The van der Waals surface area contributed by atoms with E-state index < -0.39 is 0 Å². The number of amides is 1. The summed E-state index contributed by atoms with van der Waals surface area (Å²) in [6.45, 7) is 4.34. The second-order valence-corrected chi connectivity index (χ2v) is 3.72. The molecule has 0 atom stereocenters. The van der Waals surface area contributed by atoms with Crippen molar-refractivity contribution in [1.29, 1.82) is 0 Å². The quantitative estimate of drug-likeness (QED) is 0.807. The van der Waals surface area contributed by atoms with Gasteiger partial charge in [0.2, 0.25) is 5.91 Å². The van der Waals surface area contributed by atoms with Crippen molar-refractivity contribution in [3.05, 3.63) is 24.3 Å². The average molecular weight is 252 g/mol. The van der Waals surface area contributed by atoms with Crippen molar-refractivity contribution in [1.82, 2.24) is 5.32 Å². The number of hydrogen-bond acceptors (Lipinski definition) is 3. The molecule has 0 aliphatic carbocycles. The molecule has 0 aliphatic rings. The number of carbonyl (C=O) groups is 1. The zero-order chi connectivity index (χ0) is 12.7. The Morgan fingerprint density at radius 1 is 1.29 bits per heavy atom. The van der Waals surface area contributed by atoms with E-state index in [9.17, 15) is 4.79 Å². The van der Waals surface area contributed by atoms with E-state index in [0.29, 0.717) is 18.1 Å². The number of ether oxygens (including phenoxy) is 1. The van der Waals surface area contributed by atoms with E-state index in [0.717, 1.165) is 11.4 Å². The van der Waals surface area contributed by atoms with E-state index in [4.69, 9.17) is 17.0 Å².